The Hall–Kier alpha value is -1.89. The Balaban J connectivity index is 1.65. The molecule has 0 aliphatic carbocycles. The zero-order valence-corrected chi connectivity index (χ0v) is 17.5. The van der Waals surface area contributed by atoms with Gasteiger partial charge in [-0.1, -0.05) is 47.5 Å². The van der Waals surface area contributed by atoms with E-state index in [0.717, 1.165) is 15.7 Å². The summed E-state index contributed by atoms with van der Waals surface area (Å²) in [4.78, 5) is 0. The molecule has 0 bridgehead atoms. The summed E-state index contributed by atoms with van der Waals surface area (Å²) < 4.78 is 2.71. The highest BCUT2D eigenvalue weighted by molar-refractivity contribution is 9.10. The molecule has 0 aliphatic rings. The predicted molar refractivity (Wildman–Crippen MR) is 116 cm³/mol. The quantitative estimate of drug-likeness (QED) is 0.496. The second-order valence-electron chi connectivity index (χ2n) is 6.05. The maximum Gasteiger partial charge on any atom is 0.176 e. The van der Waals surface area contributed by atoms with Gasteiger partial charge >= 0.3 is 0 Å². The van der Waals surface area contributed by atoms with E-state index in [1.54, 1.807) is 0 Å². The molecule has 0 saturated carbocycles. The molecule has 0 saturated heterocycles. The summed E-state index contributed by atoms with van der Waals surface area (Å²) >= 11 is 15.0. The van der Waals surface area contributed by atoms with E-state index in [-0.39, 0.29) is 0 Å². The minimum Gasteiger partial charge on any atom is -0.332 e. The molecular weight excluding hydrogens is 432 g/mol. The molecule has 26 heavy (non-hydrogen) atoms. The summed E-state index contributed by atoms with van der Waals surface area (Å²) in [5.41, 5.74) is 4.28. The Morgan fingerprint density at radius 2 is 1.88 bits per heavy atom. The van der Waals surface area contributed by atoms with Gasteiger partial charge < -0.3 is 10.6 Å². The van der Waals surface area contributed by atoms with E-state index in [2.05, 4.69) is 62.9 Å². The first-order chi connectivity index (χ1) is 12.4. The van der Waals surface area contributed by atoms with Crippen molar-refractivity contribution in [1.82, 2.24) is 9.78 Å². The van der Waals surface area contributed by atoms with Gasteiger partial charge in [-0.15, -0.1) is 0 Å². The maximum atomic E-state index is 6.15. The van der Waals surface area contributed by atoms with Gasteiger partial charge in [-0.05, 0) is 65.3 Å². The molecule has 2 N–H and O–H groups in total. The second kappa shape index (κ2) is 8.20. The molecule has 0 spiro atoms. The molecule has 0 radical (unpaired) electrons. The van der Waals surface area contributed by atoms with Gasteiger partial charge in [0.05, 0.1) is 11.0 Å². The van der Waals surface area contributed by atoms with Crippen LogP contribution in [0.1, 0.15) is 16.7 Å². The van der Waals surface area contributed by atoms with Crippen LogP contribution in [0.4, 0.5) is 11.5 Å². The molecule has 3 aromatic rings. The van der Waals surface area contributed by atoms with Crippen molar-refractivity contribution in [3.8, 4) is 0 Å². The van der Waals surface area contributed by atoms with Crippen molar-refractivity contribution >= 4 is 56.4 Å². The minimum atomic E-state index is 0.450. The van der Waals surface area contributed by atoms with E-state index in [9.17, 15) is 0 Å². The largest absolute Gasteiger partial charge is 0.332 e. The number of aromatic nitrogens is 2. The Labute approximate surface area is 171 Å². The van der Waals surface area contributed by atoms with Crippen molar-refractivity contribution in [1.29, 1.82) is 0 Å². The Morgan fingerprint density at radius 3 is 2.58 bits per heavy atom. The van der Waals surface area contributed by atoms with Gasteiger partial charge in [0.2, 0.25) is 0 Å². The summed E-state index contributed by atoms with van der Waals surface area (Å²) in [6.07, 6.45) is 1.92. The van der Waals surface area contributed by atoms with E-state index in [4.69, 9.17) is 23.8 Å². The lowest BCUT2D eigenvalue weighted by Gasteiger charge is -2.10. The fraction of sp³-hybridized carbons (Fsp3) is 0.158. The number of hydrogen-bond donors (Lipinski definition) is 2. The van der Waals surface area contributed by atoms with Crippen LogP contribution in [0, 0.1) is 13.8 Å². The highest BCUT2D eigenvalue weighted by Gasteiger charge is 2.09. The van der Waals surface area contributed by atoms with Crippen LogP contribution in [0.2, 0.25) is 5.02 Å². The maximum absolute atomic E-state index is 6.15. The van der Waals surface area contributed by atoms with Gasteiger partial charge in [0.25, 0.3) is 0 Å². The average Bonchev–Trinajstić information content (AvgIpc) is 2.92. The normalized spacial score (nSPS) is 10.6. The summed E-state index contributed by atoms with van der Waals surface area (Å²) in [6, 6.07) is 14.1. The van der Waals surface area contributed by atoms with E-state index in [0.29, 0.717) is 22.5 Å². The Kier molecular flexibility index (Phi) is 5.96. The fourth-order valence-corrected chi connectivity index (χ4v) is 3.19. The van der Waals surface area contributed by atoms with Crippen molar-refractivity contribution in [2.75, 3.05) is 10.6 Å². The van der Waals surface area contributed by atoms with Crippen LogP contribution in [0.5, 0.6) is 0 Å². The van der Waals surface area contributed by atoms with Gasteiger partial charge in [-0.25, -0.2) is 0 Å². The number of anilines is 2. The van der Waals surface area contributed by atoms with Gasteiger partial charge in [0.1, 0.15) is 0 Å². The van der Waals surface area contributed by atoms with Crippen LogP contribution in [0.15, 0.2) is 53.1 Å². The molecular formula is C19H18BrClN4S. The number of nitrogens with zero attached hydrogens (tertiary/aromatic N) is 2. The molecule has 134 valence electrons. The zero-order chi connectivity index (χ0) is 18.7. The van der Waals surface area contributed by atoms with Crippen molar-refractivity contribution in [2.45, 2.75) is 20.4 Å². The van der Waals surface area contributed by atoms with Crippen LogP contribution in [-0.4, -0.2) is 14.9 Å². The van der Waals surface area contributed by atoms with Crippen LogP contribution in [0.3, 0.4) is 0 Å². The first kappa shape index (κ1) is 18.9. The molecule has 2 aromatic carbocycles. The first-order valence-electron chi connectivity index (χ1n) is 8.03. The number of rotatable bonds is 4. The molecule has 7 heteroatoms. The zero-order valence-electron chi connectivity index (χ0n) is 14.4. The van der Waals surface area contributed by atoms with E-state index >= 15 is 0 Å². The lowest BCUT2D eigenvalue weighted by atomic mass is 10.1. The van der Waals surface area contributed by atoms with Crippen LogP contribution in [0.25, 0.3) is 0 Å². The SMILES string of the molecule is Cc1ccc(Cn2cc(Br)c(NC(=S)Nc3ccc(C)c(Cl)c3)n2)cc1. The van der Waals surface area contributed by atoms with Crippen molar-refractivity contribution < 1.29 is 0 Å². The fourth-order valence-electron chi connectivity index (χ4n) is 2.38. The van der Waals surface area contributed by atoms with Gasteiger partial charge in [0, 0.05) is 16.9 Å². The number of nitrogens with one attached hydrogen (secondary N) is 2. The summed E-state index contributed by atoms with van der Waals surface area (Å²) in [7, 11) is 0. The third-order valence-corrected chi connectivity index (χ3v) is 5.04. The lowest BCUT2D eigenvalue weighted by molar-refractivity contribution is 0.689. The first-order valence-corrected chi connectivity index (χ1v) is 9.61. The number of aryl methyl sites for hydroxylation is 2. The molecule has 0 unspecified atom stereocenters. The molecule has 1 heterocycles. The number of thiocarbonyl (C=S) groups is 1. The Bertz CT molecular complexity index is 937. The van der Waals surface area contributed by atoms with Crippen LogP contribution >= 0.6 is 39.7 Å². The molecule has 0 fully saturated rings. The van der Waals surface area contributed by atoms with Gasteiger partial charge in [-0.2, -0.15) is 5.10 Å². The highest BCUT2D eigenvalue weighted by atomic mass is 79.9. The molecule has 1 aromatic heterocycles. The summed E-state index contributed by atoms with van der Waals surface area (Å²) in [5, 5.41) is 11.9. The Morgan fingerprint density at radius 1 is 1.15 bits per heavy atom. The summed E-state index contributed by atoms with van der Waals surface area (Å²) in [5.74, 6) is 0.660. The van der Waals surface area contributed by atoms with Crippen molar-refractivity contribution in [2.24, 2.45) is 0 Å². The van der Waals surface area contributed by atoms with Crippen molar-refractivity contribution in [3.63, 3.8) is 0 Å². The topological polar surface area (TPSA) is 41.9 Å². The van der Waals surface area contributed by atoms with E-state index < -0.39 is 0 Å². The third kappa shape index (κ3) is 4.84. The molecule has 4 nitrogen and oxygen atoms in total. The molecule has 0 amide bonds. The van der Waals surface area contributed by atoms with Gasteiger partial charge in [0.15, 0.2) is 10.9 Å². The van der Waals surface area contributed by atoms with Crippen molar-refractivity contribution in [3.05, 3.63) is 74.8 Å². The monoisotopic (exact) mass is 448 g/mol. The predicted octanol–water partition coefficient (Wildman–Crippen LogP) is 5.77. The number of hydrogen-bond acceptors (Lipinski definition) is 2. The van der Waals surface area contributed by atoms with E-state index in [1.807, 2.05) is 36.0 Å². The lowest BCUT2D eigenvalue weighted by Crippen LogP contribution is -2.19. The molecule has 3 rings (SSSR count). The highest BCUT2D eigenvalue weighted by Crippen LogP contribution is 2.23. The second-order valence-corrected chi connectivity index (χ2v) is 7.72. The minimum absolute atomic E-state index is 0.450. The molecule has 0 atom stereocenters. The van der Waals surface area contributed by atoms with E-state index in [1.165, 1.54) is 11.1 Å². The molecule has 0 aliphatic heterocycles. The standard InChI is InChI=1S/C19H18BrClN4S/c1-12-3-6-14(7-4-12)10-25-11-16(20)18(24-25)23-19(26)22-15-8-5-13(2)17(21)9-15/h3-9,11H,10H2,1-2H3,(H2,22,23,24,26). The van der Waals surface area contributed by atoms with Gasteiger partial charge in [-0.3, -0.25) is 4.68 Å². The number of benzene rings is 2. The average molecular weight is 450 g/mol. The third-order valence-electron chi connectivity index (χ3n) is 3.84. The van der Waals surface area contributed by atoms with Crippen LogP contribution < -0.4 is 10.6 Å². The summed E-state index contributed by atoms with van der Waals surface area (Å²) in [6.45, 7) is 4.72. The smallest absolute Gasteiger partial charge is 0.176 e. The van der Waals surface area contributed by atoms with Crippen LogP contribution in [-0.2, 0) is 6.54 Å². The number of halogens is 2.